The SMILES string of the molecule is NCc1c2c(nn1-c1ccccc1)COCC2. The number of hydrogen-bond acceptors (Lipinski definition) is 3. The molecule has 0 fully saturated rings. The Labute approximate surface area is 100 Å². The number of ether oxygens (including phenoxy) is 1. The van der Waals surface area contributed by atoms with E-state index in [0.717, 1.165) is 30.1 Å². The average molecular weight is 229 g/mol. The van der Waals surface area contributed by atoms with Gasteiger partial charge in [0.25, 0.3) is 0 Å². The topological polar surface area (TPSA) is 53.1 Å². The van der Waals surface area contributed by atoms with E-state index >= 15 is 0 Å². The molecule has 2 N–H and O–H groups in total. The summed E-state index contributed by atoms with van der Waals surface area (Å²) in [6.07, 6.45) is 0.911. The highest BCUT2D eigenvalue weighted by Gasteiger charge is 2.20. The van der Waals surface area contributed by atoms with E-state index in [2.05, 4.69) is 5.10 Å². The Bertz CT molecular complexity index is 519. The van der Waals surface area contributed by atoms with Crippen LogP contribution < -0.4 is 5.73 Å². The molecule has 4 heteroatoms. The Morgan fingerprint density at radius 3 is 2.88 bits per heavy atom. The van der Waals surface area contributed by atoms with Gasteiger partial charge in [0.1, 0.15) is 0 Å². The summed E-state index contributed by atoms with van der Waals surface area (Å²) >= 11 is 0. The second kappa shape index (κ2) is 4.31. The summed E-state index contributed by atoms with van der Waals surface area (Å²) in [5.74, 6) is 0. The zero-order chi connectivity index (χ0) is 11.7. The molecule has 1 aliphatic rings. The fourth-order valence-corrected chi connectivity index (χ4v) is 2.28. The minimum absolute atomic E-state index is 0.511. The van der Waals surface area contributed by atoms with E-state index in [9.17, 15) is 0 Å². The second-order valence-electron chi connectivity index (χ2n) is 4.13. The Kier molecular flexibility index (Phi) is 2.66. The first-order valence-corrected chi connectivity index (χ1v) is 5.83. The minimum atomic E-state index is 0.511. The summed E-state index contributed by atoms with van der Waals surface area (Å²) in [7, 11) is 0. The van der Waals surface area contributed by atoms with Crippen LogP contribution in [0.2, 0.25) is 0 Å². The average Bonchev–Trinajstić information content (AvgIpc) is 2.78. The van der Waals surface area contributed by atoms with Gasteiger partial charge in [0.05, 0.1) is 30.3 Å². The van der Waals surface area contributed by atoms with Crippen molar-refractivity contribution in [1.82, 2.24) is 9.78 Å². The van der Waals surface area contributed by atoms with Gasteiger partial charge in [-0.25, -0.2) is 4.68 Å². The molecule has 1 aromatic heterocycles. The van der Waals surface area contributed by atoms with Crippen LogP contribution in [-0.2, 0) is 24.3 Å². The lowest BCUT2D eigenvalue weighted by Gasteiger charge is -2.11. The van der Waals surface area contributed by atoms with E-state index < -0.39 is 0 Å². The summed E-state index contributed by atoms with van der Waals surface area (Å²) < 4.78 is 7.37. The number of aromatic nitrogens is 2. The van der Waals surface area contributed by atoms with Gasteiger partial charge in [-0.3, -0.25) is 0 Å². The van der Waals surface area contributed by atoms with E-state index in [1.54, 1.807) is 0 Å². The number of nitrogens with two attached hydrogens (primary N) is 1. The zero-order valence-corrected chi connectivity index (χ0v) is 9.60. The van der Waals surface area contributed by atoms with Gasteiger partial charge in [0.15, 0.2) is 0 Å². The maximum absolute atomic E-state index is 5.85. The van der Waals surface area contributed by atoms with Crippen molar-refractivity contribution in [3.63, 3.8) is 0 Å². The van der Waals surface area contributed by atoms with Crippen LogP contribution in [0.5, 0.6) is 0 Å². The third-order valence-electron chi connectivity index (χ3n) is 3.10. The van der Waals surface area contributed by atoms with Gasteiger partial charge in [-0.2, -0.15) is 5.10 Å². The van der Waals surface area contributed by atoms with E-state index in [0.29, 0.717) is 13.2 Å². The highest BCUT2D eigenvalue weighted by atomic mass is 16.5. The van der Waals surface area contributed by atoms with Crippen molar-refractivity contribution in [3.05, 3.63) is 47.3 Å². The lowest BCUT2D eigenvalue weighted by molar-refractivity contribution is 0.108. The minimum Gasteiger partial charge on any atom is -0.375 e. The molecule has 0 saturated heterocycles. The van der Waals surface area contributed by atoms with Crippen molar-refractivity contribution in [1.29, 1.82) is 0 Å². The maximum Gasteiger partial charge on any atom is 0.0922 e. The van der Waals surface area contributed by atoms with Crippen LogP contribution in [0.3, 0.4) is 0 Å². The van der Waals surface area contributed by atoms with E-state index in [-0.39, 0.29) is 0 Å². The molecule has 0 aliphatic carbocycles. The van der Waals surface area contributed by atoms with Crippen molar-refractivity contribution < 1.29 is 4.74 Å². The number of para-hydroxylation sites is 1. The van der Waals surface area contributed by atoms with Crippen molar-refractivity contribution in [2.45, 2.75) is 19.6 Å². The molecule has 0 atom stereocenters. The predicted molar refractivity (Wildman–Crippen MR) is 64.8 cm³/mol. The molecule has 0 spiro atoms. The van der Waals surface area contributed by atoms with Crippen LogP contribution in [0, 0.1) is 0 Å². The van der Waals surface area contributed by atoms with Crippen LogP contribution in [0.1, 0.15) is 17.0 Å². The van der Waals surface area contributed by atoms with E-state index in [1.165, 1.54) is 5.56 Å². The largest absolute Gasteiger partial charge is 0.375 e. The quantitative estimate of drug-likeness (QED) is 0.847. The second-order valence-corrected chi connectivity index (χ2v) is 4.13. The molecule has 1 aromatic carbocycles. The standard InChI is InChI=1S/C13H15N3O/c14-8-13-11-6-7-17-9-12(11)15-16(13)10-4-2-1-3-5-10/h1-5H,6-9,14H2. The first kappa shape index (κ1) is 10.5. The number of rotatable bonds is 2. The van der Waals surface area contributed by atoms with Gasteiger partial charge in [-0.1, -0.05) is 18.2 Å². The molecule has 0 amide bonds. The molecular formula is C13H15N3O. The molecule has 2 heterocycles. The molecule has 88 valence electrons. The molecule has 3 rings (SSSR count). The Balaban J connectivity index is 2.14. The summed E-state index contributed by atoms with van der Waals surface area (Å²) in [6.45, 7) is 1.87. The molecule has 0 radical (unpaired) electrons. The fourth-order valence-electron chi connectivity index (χ4n) is 2.28. The number of hydrogen-bond donors (Lipinski definition) is 1. The lowest BCUT2D eigenvalue weighted by atomic mass is 10.1. The predicted octanol–water partition coefficient (Wildman–Crippen LogP) is 1.40. The third kappa shape index (κ3) is 1.75. The molecule has 0 bridgehead atoms. The molecule has 4 nitrogen and oxygen atoms in total. The molecule has 0 unspecified atom stereocenters. The summed E-state index contributed by atoms with van der Waals surface area (Å²) in [5.41, 5.74) is 10.3. The van der Waals surface area contributed by atoms with Crippen LogP contribution in [0.25, 0.3) is 5.69 Å². The molecule has 17 heavy (non-hydrogen) atoms. The van der Waals surface area contributed by atoms with Gasteiger partial charge < -0.3 is 10.5 Å². The molecule has 1 aliphatic heterocycles. The van der Waals surface area contributed by atoms with Gasteiger partial charge in [0, 0.05) is 12.1 Å². The first-order chi connectivity index (χ1) is 8.40. The Hall–Kier alpha value is -1.65. The van der Waals surface area contributed by atoms with Gasteiger partial charge in [-0.05, 0) is 18.6 Å². The highest BCUT2D eigenvalue weighted by Crippen LogP contribution is 2.22. The lowest BCUT2D eigenvalue weighted by Crippen LogP contribution is -2.12. The maximum atomic E-state index is 5.85. The van der Waals surface area contributed by atoms with Crippen molar-refractivity contribution in [3.8, 4) is 5.69 Å². The van der Waals surface area contributed by atoms with Crippen molar-refractivity contribution in [2.75, 3.05) is 6.61 Å². The fraction of sp³-hybridized carbons (Fsp3) is 0.308. The molecule has 2 aromatic rings. The van der Waals surface area contributed by atoms with Crippen molar-refractivity contribution >= 4 is 0 Å². The van der Waals surface area contributed by atoms with Crippen LogP contribution in [-0.4, -0.2) is 16.4 Å². The normalized spacial score (nSPS) is 14.6. The van der Waals surface area contributed by atoms with Gasteiger partial charge in [-0.15, -0.1) is 0 Å². The zero-order valence-electron chi connectivity index (χ0n) is 9.60. The number of nitrogens with zero attached hydrogens (tertiary/aromatic N) is 2. The van der Waals surface area contributed by atoms with Crippen molar-refractivity contribution in [2.24, 2.45) is 5.73 Å². The van der Waals surface area contributed by atoms with E-state index in [1.807, 2.05) is 35.0 Å². The van der Waals surface area contributed by atoms with E-state index in [4.69, 9.17) is 10.5 Å². The van der Waals surface area contributed by atoms with Crippen LogP contribution in [0.4, 0.5) is 0 Å². The third-order valence-corrected chi connectivity index (χ3v) is 3.10. The number of benzene rings is 1. The van der Waals surface area contributed by atoms with Crippen LogP contribution in [0.15, 0.2) is 30.3 Å². The first-order valence-electron chi connectivity index (χ1n) is 5.83. The smallest absolute Gasteiger partial charge is 0.0922 e. The Morgan fingerprint density at radius 2 is 2.12 bits per heavy atom. The van der Waals surface area contributed by atoms with Gasteiger partial charge in [0.2, 0.25) is 0 Å². The summed E-state index contributed by atoms with van der Waals surface area (Å²) in [5, 5.41) is 4.60. The van der Waals surface area contributed by atoms with Crippen LogP contribution >= 0.6 is 0 Å². The van der Waals surface area contributed by atoms with Gasteiger partial charge >= 0.3 is 0 Å². The Morgan fingerprint density at radius 1 is 1.29 bits per heavy atom. The molecule has 0 saturated carbocycles. The highest BCUT2D eigenvalue weighted by molar-refractivity contribution is 5.38. The summed E-state index contributed by atoms with van der Waals surface area (Å²) in [6, 6.07) is 10.1. The number of fused-ring (bicyclic) bond motifs is 1. The molecular weight excluding hydrogens is 214 g/mol. The summed E-state index contributed by atoms with van der Waals surface area (Å²) in [4.78, 5) is 0. The monoisotopic (exact) mass is 229 g/mol.